The molecule has 4 aromatic rings. The van der Waals surface area contributed by atoms with Crippen molar-refractivity contribution in [3.8, 4) is 11.5 Å². The van der Waals surface area contributed by atoms with Crippen LogP contribution in [-0.2, 0) is 17.9 Å². The molecule has 34 heavy (non-hydrogen) atoms. The van der Waals surface area contributed by atoms with Gasteiger partial charge in [-0.15, -0.1) is 0 Å². The number of rotatable bonds is 9. The summed E-state index contributed by atoms with van der Waals surface area (Å²) < 4.78 is 9.21. The van der Waals surface area contributed by atoms with E-state index in [0.717, 1.165) is 28.5 Å². The number of hydrogen-bond acceptors (Lipinski definition) is 5. The van der Waals surface area contributed by atoms with Crippen LogP contribution in [0.15, 0.2) is 66.9 Å². The number of carbonyl (C=O) groups excluding carboxylic acids is 1. The zero-order valence-corrected chi connectivity index (χ0v) is 18.9. The standard InChI is InChI=1S/C25H25N5O4/c1-17-24(26-23(31)12-14-29-13-11-22(28-29)25(32)33)18(2)30(27-17)16-19-7-6-10-21(15-19)34-20-8-4-3-5-9-20/h3-11,13,15H,12,14,16H2,1-2H3,(H,26,31)(H,32,33). The first kappa shape index (κ1) is 22.8. The van der Waals surface area contributed by atoms with E-state index in [1.54, 1.807) is 6.20 Å². The Hall–Kier alpha value is -4.40. The third-order valence-electron chi connectivity index (χ3n) is 5.28. The van der Waals surface area contributed by atoms with Crippen LogP contribution in [0.3, 0.4) is 0 Å². The lowest BCUT2D eigenvalue weighted by Gasteiger charge is -2.10. The molecule has 9 heteroatoms. The van der Waals surface area contributed by atoms with Crippen molar-refractivity contribution in [2.24, 2.45) is 0 Å². The van der Waals surface area contributed by atoms with E-state index in [0.29, 0.717) is 12.2 Å². The average Bonchev–Trinajstić information content (AvgIpc) is 3.40. The number of carboxylic acid groups (broad SMARTS) is 1. The lowest BCUT2D eigenvalue weighted by Crippen LogP contribution is -2.16. The predicted molar refractivity (Wildman–Crippen MR) is 126 cm³/mol. The second-order valence-electron chi connectivity index (χ2n) is 7.83. The Morgan fingerprint density at radius 1 is 1.00 bits per heavy atom. The van der Waals surface area contributed by atoms with Gasteiger partial charge in [-0.3, -0.25) is 14.2 Å². The van der Waals surface area contributed by atoms with Crippen LogP contribution in [0.25, 0.3) is 0 Å². The molecule has 9 nitrogen and oxygen atoms in total. The number of para-hydroxylation sites is 1. The van der Waals surface area contributed by atoms with Gasteiger partial charge in [-0.25, -0.2) is 4.79 Å². The number of carboxylic acids is 1. The number of anilines is 1. The minimum atomic E-state index is -1.10. The van der Waals surface area contributed by atoms with Gasteiger partial charge in [0.1, 0.15) is 11.5 Å². The second-order valence-corrected chi connectivity index (χ2v) is 7.83. The Kier molecular flexibility index (Phi) is 6.72. The largest absolute Gasteiger partial charge is 0.476 e. The van der Waals surface area contributed by atoms with Crippen LogP contribution in [0, 0.1) is 13.8 Å². The molecule has 0 radical (unpaired) electrons. The van der Waals surface area contributed by atoms with E-state index in [9.17, 15) is 9.59 Å². The van der Waals surface area contributed by atoms with Crippen molar-refractivity contribution in [1.29, 1.82) is 0 Å². The van der Waals surface area contributed by atoms with Crippen molar-refractivity contribution in [2.75, 3.05) is 5.32 Å². The summed E-state index contributed by atoms with van der Waals surface area (Å²) in [7, 11) is 0. The number of amides is 1. The zero-order chi connectivity index (χ0) is 24.1. The maximum atomic E-state index is 12.5. The van der Waals surface area contributed by atoms with Gasteiger partial charge in [-0.1, -0.05) is 30.3 Å². The highest BCUT2D eigenvalue weighted by atomic mass is 16.5. The van der Waals surface area contributed by atoms with E-state index in [1.807, 2.05) is 73.1 Å². The van der Waals surface area contributed by atoms with Crippen LogP contribution in [0.4, 0.5) is 5.69 Å². The molecule has 1 amide bonds. The van der Waals surface area contributed by atoms with Crippen molar-refractivity contribution < 1.29 is 19.4 Å². The fourth-order valence-electron chi connectivity index (χ4n) is 3.55. The third-order valence-corrected chi connectivity index (χ3v) is 5.28. The van der Waals surface area contributed by atoms with E-state index in [-0.39, 0.29) is 24.6 Å². The monoisotopic (exact) mass is 459 g/mol. The molecule has 0 bridgehead atoms. The summed E-state index contributed by atoms with van der Waals surface area (Å²) in [6.07, 6.45) is 1.70. The minimum Gasteiger partial charge on any atom is -0.476 e. The Bertz CT molecular complexity index is 1310. The first-order chi connectivity index (χ1) is 16.4. The molecule has 0 saturated carbocycles. The van der Waals surface area contributed by atoms with Gasteiger partial charge in [0.15, 0.2) is 5.69 Å². The molecule has 174 valence electrons. The smallest absolute Gasteiger partial charge is 0.356 e. The lowest BCUT2D eigenvalue weighted by molar-refractivity contribution is -0.116. The van der Waals surface area contributed by atoms with Gasteiger partial charge >= 0.3 is 5.97 Å². The quantitative estimate of drug-likeness (QED) is 0.387. The van der Waals surface area contributed by atoms with Crippen molar-refractivity contribution in [3.63, 3.8) is 0 Å². The molecule has 0 atom stereocenters. The molecular weight excluding hydrogens is 434 g/mol. The second kappa shape index (κ2) is 10.0. The van der Waals surface area contributed by atoms with Crippen LogP contribution in [-0.4, -0.2) is 36.5 Å². The van der Waals surface area contributed by atoms with Crippen LogP contribution < -0.4 is 10.1 Å². The molecule has 2 heterocycles. The van der Waals surface area contributed by atoms with Gasteiger partial charge in [0.2, 0.25) is 5.91 Å². The molecule has 4 rings (SSSR count). The topological polar surface area (TPSA) is 111 Å². The Balaban J connectivity index is 1.39. The molecule has 2 N–H and O–H groups in total. The highest BCUT2D eigenvalue weighted by Crippen LogP contribution is 2.24. The van der Waals surface area contributed by atoms with E-state index in [4.69, 9.17) is 9.84 Å². The first-order valence-electron chi connectivity index (χ1n) is 10.8. The van der Waals surface area contributed by atoms with Gasteiger partial charge in [-0.2, -0.15) is 10.2 Å². The first-order valence-corrected chi connectivity index (χ1v) is 10.8. The van der Waals surface area contributed by atoms with Crippen LogP contribution in [0.1, 0.15) is 33.9 Å². The molecule has 0 aliphatic carbocycles. The molecule has 2 aromatic carbocycles. The van der Waals surface area contributed by atoms with E-state index in [2.05, 4.69) is 15.5 Å². The van der Waals surface area contributed by atoms with Crippen LogP contribution in [0.5, 0.6) is 11.5 Å². The molecular formula is C25H25N5O4. The molecule has 0 fully saturated rings. The number of benzene rings is 2. The van der Waals surface area contributed by atoms with Crippen molar-refractivity contribution in [3.05, 3.63) is 89.5 Å². The number of hydrogen-bond donors (Lipinski definition) is 2. The Morgan fingerprint density at radius 3 is 2.50 bits per heavy atom. The summed E-state index contributed by atoms with van der Waals surface area (Å²) in [5.41, 5.74) is 3.20. The summed E-state index contributed by atoms with van der Waals surface area (Å²) in [4.78, 5) is 23.4. The fraction of sp³-hybridized carbons (Fsp3) is 0.200. The van der Waals surface area contributed by atoms with Gasteiger partial charge in [0, 0.05) is 19.2 Å². The zero-order valence-electron chi connectivity index (χ0n) is 18.9. The molecule has 0 aliphatic heterocycles. The van der Waals surface area contributed by atoms with Gasteiger partial charge in [0.25, 0.3) is 0 Å². The van der Waals surface area contributed by atoms with E-state index in [1.165, 1.54) is 10.7 Å². The maximum absolute atomic E-state index is 12.5. The number of aromatic nitrogens is 4. The van der Waals surface area contributed by atoms with E-state index < -0.39 is 5.97 Å². The number of carbonyl (C=O) groups is 2. The maximum Gasteiger partial charge on any atom is 0.356 e. The molecule has 0 aliphatic rings. The van der Waals surface area contributed by atoms with E-state index >= 15 is 0 Å². The van der Waals surface area contributed by atoms with Gasteiger partial charge in [0.05, 0.1) is 23.6 Å². The highest BCUT2D eigenvalue weighted by Gasteiger charge is 2.15. The number of aryl methyl sites for hydroxylation is 2. The minimum absolute atomic E-state index is 0.0494. The normalized spacial score (nSPS) is 10.8. The summed E-state index contributed by atoms with van der Waals surface area (Å²) in [6.45, 7) is 4.56. The van der Waals surface area contributed by atoms with Crippen molar-refractivity contribution in [1.82, 2.24) is 19.6 Å². The lowest BCUT2D eigenvalue weighted by atomic mass is 10.2. The number of ether oxygens (including phenoxy) is 1. The third kappa shape index (κ3) is 5.50. The van der Waals surface area contributed by atoms with Crippen molar-refractivity contribution >= 4 is 17.6 Å². The average molecular weight is 460 g/mol. The predicted octanol–water partition coefficient (Wildman–Crippen LogP) is 4.26. The summed E-state index contributed by atoms with van der Waals surface area (Å²) >= 11 is 0. The summed E-state index contributed by atoms with van der Waals surface area (Å²) in [6, 6.07) is 18.8. The Labute approximate surface area is 196 Å². The van der Waals surface area contributed by atoms with Crippen LogP contribution >= 0.6 is 0 Å². The van der Waals surface area contributed by atoms with Crippen molar-refractivity contribution in [2.45, 2.75) is 33.4 Å². The highest BCUT2D eigenvalue weighted by molar-refractivity contribution is 5.91. The summed E-state index contributed by atoms with van der Waals surface area (Å²) in [5, 5.41) is 20.4. The number of nitrogens with zero attached hydrogens (tertiary/aromatic N) is 4. The van der Waals surface area contributed by atoms with Crippen LogP contribution in [0.2, 0.25) is 0 Å². The molecule has 0 unspecified atom stereocenters. The fourth-order valence-corrected chi connectivity index (χ4v) is 3.55. The molecule has 0 spiro atoms. The summed E-state index contributed by atoms with van der Waals surface area (Å²) in [5.74, 6) is 0.212. The van der Waals surface area contributed by atoms with Gasteiger partial charge in [-0.05, 0) is 49.7 Å². The molecule has 0 saturated heterocycles. The Morgan fingerprint density at radius 2 is 1.76 bits per heavy atom. The SMILES string of the molecule is Cc1nn(Cc2cccc(Oc3ccccc3)c2)c(C)c1NC(=O)CCn1ccc(C(=O)O)n1. The van der Waals surface area contributed by atoms with Gasteiger partial charge < -0.3 is 15.2 Å². The molecule has 2 aromatic heterocycles. The number of aromatic carboxylic acids is 1. The number of nitrogens with one attached hydrogen (secondary N) is 1.